The lowest BCUT2D eigenvalue weighted by Crippen LogP contribution is -2.24. The molecule has 150 valence electrons. The predicted molar refractivity (Wildman–Crippen MR) is 99.8 cm³/mol. The van der Waals surface area contributed by atoms with Gasteiger partial charge in [0.1, 0.15) is 0 Å². The van der Waals surface area contributed by atoms with E-state index < -0.39 is 30.4 Å². The number of allylic oxidation sites excluding steroid dienone is 1. The van der Waals surface area contributed by atoms with Crippen LogP contribution in [0.1, 0.15) is 64.7 Å². The molecule has 1 saturated heterocycles. The zero-order valence-electron chi connectivity index (χ0n) is 15.7. The van der Waals surface area contributed by atoms with Crippen molar-refractivity contribution in [3.8, 4) is 0 Å². The van der Waals surface area contributed by atoms with Gasteiger partial charge in [-0.1, -0.05) is 44.1 Å². The van der Waals surface area contributed by atoms with Crippen LogP contribution in [-0.2, 0) is 9.53 Å². The molecular weight excluding hydrogens is 336 g/mol. The van der Waals surface area contributed by atoms with Crippen molar-refractivity contribution in [3.05, 3.63) is 24.3 Å². The largest absolute Gasteiger partial charge is 0.481 e. The molecule has 0 aromatic carbocycles. The van der Waals surface area contributed by atoms with Crippen molar-refractivity contribution in [1.82, 2.24) is 0 Å². The molecule has 4 N–H and O–H groups in total. The van der Waals surface area contributed by atoms with Crippen LogP contribution in [0, 0.1) is 0 Å². The van der Waals surface area contributed by atoms with Gasteiger partial charge in [-0.3, -0.25) is 4.79 Å². The monoisotopic (exact) mass is 370 g/mol. The summed E-state index contributed by atoms with van der Waals surface area (Å²) in [7, 11) is 0. The summed E-state index contributed by atoms with van der Waals surface area (Å²) in [6, 6.07) is 0. The van der Waals surface area contributed by atoms with Crippen LogP contribution in [0.4, 0.5) is 0 Å². The Hall–Kier alpha value is -1.21. The van der Waals surface area contributed by atoms with Crippen molar-refractivity contribution in [2.24, 2.45) is 0 Å². The number of rotatable bonds is 13. The van der Waals surface area contributed by atoms with E-state index in [2.05, 4.69) is 13.0 Å². The molecule has 0 radical (unpaired) electrons. The molecule has 0 aromatic rings. The van der Waals surface area contributed by atoms with Gasteiger partial charge in [0.25, 0.3) is 0 Å². The molecule has 1 heterocycles. The number of hydrogen-bond acceptors (Lipinski definition) is 5. The Morgan fingerprint density at radius 2 is 1.96 bits per heavy atom. The molecule has 0 aliphatic carbocycles. The molecular formula is C20H34O6. The standard InChI is InChI=1S/C20H34O6/c1-2-3-4-5-6-7-10-18-17(23)14-19(26-18)16(22)13-12-15(21)9-8-11-20(24)25/h6-7,12-13,15-19,21-23H,2-5,8-11,14H2,1H3,(H,24,25)/b7-6-,13-12+/t15-,16-,17-,18+,19+/m0/s1. The normalized spacial score (nSPS) is 25.9. The van der Waals surface area contributed by atoms with E-state index in [1.54, 1.807) is 0 Å². The van der Waals surface area contributed by atoms with Gasteiger partial charge in [-0.05, 0) is 32.1 Å². The number of carbonyl (C=O) groups is 1. The van der Waals surface area contributed by atoms with E-state index >= 15 is 0 Å². The van der Waals surface area contributed by atoms with Gasteiger partial charge in [-0.15, -0.1) is 0 Å². The van der Waals surface area contributed by atoms with Crippen molar-refractivity contribution < 1.29 is 30.0 Å². The van der Waals surface area contributed by atoms with Crippen molar-refractivity contribution in [1.29, 1.82) is 0 Å². The van der Waals surface area contributed by atoms with Gasteiger partial charge in [0.05, 0.1) is 30.5 Å². The van der Waals surface area contributed by atoms with E-state index in [1.165, 1.54) is 31.4 Å². The molecule has 0 spiro atoms. The molecule has 1 aliphatic rings. The van der Waals surface area contributed by atoms with E-state index in [9.17, 15) is 20.1 Å². The molecule has 6 heteroatoms. The van der Waals surface area contributed by atoms with E-state index in [-0.39, 0.29) is 12.5 Å². The van der Waals surface area contributed by atoms with E-state index in [1.807, 2.05) is 6.08 Å². The van der Waals surface area contributed by atoms with Crippen LogP contribution in [-0.4, -0.2) is 56.9 Å². The number of aliphatic hydroxyl groups is 3. The minimum absolute atomic E-state index is 0.0129. The van der Waals surface area contributed by atoms with Gasteiger partial charge in [-0.25, -0.2) is 0 Å². The molecule has 5 atom stereocenters. The maximum atomic E-state index is 10.4. The van der Waals surface area contributed by atoms with Gasteiger partial charge in [0.2, 0.25) is 0 Å². The molecule has 26 heavy (non-hydrogen) atoms. The second-order valence-corrected chi connectivity index (χ2v) is 6.95. The predicted octanol–water partition coefficient (Wildman–Crippen LogP) is 2.56. The highest BCUT2D eigenvalue weighted by Crippen LogP contribution is 2.26. The van der Waals surface area contributed by atoms with Gasteiger partial charge in [0, 0.05) is 12.8 Å². The molecule has 0 saturated carbocycles. The number of unbranched alkanes of at least 4 members (excludes halogenated alkanes) is 3. The first-order chi connectivity index (χ1) is 12.4. The first kappa shape index (κ1) is 22.8. The minimum Gasteiger partial charge on any atom is -0.481 e. The van der Waals surface area contributed by atoms with Crippen LogP contribution in [0.25, 0.3) is 0 Å². The third kappa shape index (κ3) is 9.48. The maximum Gasteiger partial charge on any atom is 0.303 e. The Balaban J connectivity index is 2.31. The Kier molecular flexibility index (Phi) is 11.4. The number of carboxylic acid groups (broad SMARTS) is 1. The average molecular weight is 370 g/mol. The SMILES string of the molecule is CCCCC/C=C\C[C@H]1O[C@@H]([C@@H](O)/C=C/[C@@H](O)CCCC(=O)O)C[C@@H]1O. The average Bonchev–Trinajstić information content (AvgIpc) is 2.96. The Morgan fingerprint density at radius 1 is 1.19 bits per heavy atom. The molecule has 6 nitrogen and oxygen atoms in total. The van der Waals surface area contributed by atoms with Gasteiger partial charge >= 0.3 is 5.97 Å². The van der Waals surface area contributed by atoms with Crippen molar-refractivity contribution >= 4 is 5.97 Å². The van der Waals surface area contributed by atoms with E-state index in [4.69, 9.17) is 9.84 Å². The van der Waals surface area contributed by atoms with Crippen molar-refractivity contribution in [2.75, 3.05) is 0 Å². The second kappa shape index (κ2) is 13.0. The summed E-state index contributed by atoms with van der Waals surface area (Å²) in [6.45, 7) is 2.17. The number of aliphatic hydroxyl groups excluding tert-OH is 3. The maximum absolute atomic E-state index is 10.4. The molecule has 1 fully saturated rings. The van der Waals surface area contributed by atoms with Gasteiger partial charge in [0.15, 0.2) is 0 Å². The molecule has 0 aromatic heterocycles. The van der Waals surface area contributed by atoms with E-state index in [0.29, 0.717) is 25.7 Å². The van der Waals surface area contributed by atoms with Crippen LogP contribution < -0.4 is 0 Å². The first-order valence-corrected chi connectivity index (χ1v) is 9.68. The zero-order chi connectivity index (χ0) is 19.4. The van der Waals surface area contributed by atoms with Crippen LogP contribution in [0.3, 0.4) is 0 Å². The molecule has 1 aliphatic heterocycles. The lowest BCUT2D eigenvalue weighted by atomic mass is 10.0. The quantitative estimate of drug-likeness (QED) is 0.293. The Morgan fingerprint density at radius 3 is 2.65 bits per heavy atom. The van der Waals surface area contributed by atoms with Crippen LogP contribution in [0.2, 0.25) is 0 Å². The third-order valence-electron chi connectivity index (χ3n) is 4.56. The summed E-state index contributed by atoms with van der Waals surface area (Å²) in [5.74, 6) is -0.889. The van der Waals surface area contributed by atoms with Gasteiger partial charge < -0.3 is 25.2 Å². The highest BCUT2D eigenvalue weighted by molar-refractivity contribution is 5.66. The highest BCUT2D eigenvalue weighted by Gasteiger charge is 2.36. The van der Waals surface area contributed by atoms with Crippen LogP contribution in [0.5, 0.6) is 0 Å². The summed E-state index contributed by atoms with van der Waals surface area (Å²) in [4.78, 5) is 10.4. The lowest BCUT2D eigenvalue weighted by Gasteiger charge is -2.16. The Labute approximate surface area is 156 Å². The number of aliphatic carboxylic acids is 1. The molecule has 0 unspecified atom stereocenters. The first-order valence-electron chi connectivity index (χ1n) is 9.68. The third-order valence-corrected chi connectivity index (χ3v) is 4.56. The lowest BCUT2D eigenvalue weighted by molar-refractivity contribution is -0.137. The molecule has 0 amide bonds. The Bertz CT molecular complexity index is 448. The van der Waals surface area contributed by atoms with E-state index in [0.717, 1.165) is 6.42 Å². The summed E-state index contributed by atoms with van der Waals surface area (Å²) in [5.41, 5.74) is 0. The number of hydrogen-bond donors (Lipinski definition) is 4. The summed E-state index contributed by atoms with van der Waals surface area (Å²) in [6.07, 6.45) is 10.3. The fourth-order valence-corrected chi connectivity index (χ4v) is 2.98. The smallest absolute Gasteiger partial charge is 0.303 e. The molecule has 1 rings (SSSR count). The molecule has 0 bridgehead atoms. The van der Waals surface area contributed by atoms with Crippen LogP contribution in [0.15, 0.2) is 24.3 Å². The topological polar surface area (TPSA) is 107 Å². The van der Waals surface area contributed by atoms with Crippen molar-refractivity contribution in [3.63, 3.8) is 0 Å². The van der Waals surface area contributed by atoms with Crippen molar-refractivity contribution in [2.45, 2.75) is 95.2 Å². The fraction of sp³-hybridized carbons (Fsp3) is 0.750. The zero-order valence-corrected chi connectivity index (χ0v) is 15.7. The second-order valence-electron chi connectivity index (χ2n) is 6.95. The summed E-state index contributed by atoms with van der Waals surface area (Å²) >= 11 is 0. The van der Waals surface area contributed by atoms with Crippen LogP contribution >= 0.6 is 0 Å². The number of ether oxygens (including phenoxy) is 1. The summed E-state index contributed by atoms with van der Waals surface area (Å²) < 4.78 is 5.75. The summed E-state index contributed by atoms with van der Waals surface area (Å²) in [5, 5.41) is 38.6. The van der Waals surface area contributed by atoms with Gasteiger partial charge in [-0.2, -0.15) is 0 Å². The minimum atomic E-state index is -0.905. The number of carboxylic acids is 1. The highest BCUT2D eigenvalue weighted by atomic mass is 16.5. The fourth-order valence-electron chi connectivity index (χ4n) is 2.98.